The summed E-state index contributed by atoms with van der Waals surface area (Å²) in [6.45, 7) is 6.91. The average Bonchev–Trinajstić information content (AvgIpc) is 2.45. The van der Waals surface area contributed by atoms with E-state index < -0.39 is 0 Å². The second-order valence-corrected chi connectivity index (χ2v) is 7.18. The lowest BCUT2D eigenvalue weighted by molar-refractivity contribution is 0.112. The Balaban J connectivity index is 2.35. The Morgan fingerprint density at radius 2 is 1.81 bits per heavy atom. The molecule has 0 fully saturated rings. The highest BCUT2D eigenvalue weighted by Gasteiger charge is 2.22. The summed E-state index contributed by atoms with van der Waals surface area (Å²) in [5.74, 6) is 0.873. The van der Waals surface area contributed by atoms with E-state index in [1.165, 1.54) is 0 Å². The molecule has 0 amide bonds. The van der Waals surface area contributed by atoms with Gasteiger partial charge in [-0.2, -0.15) is 0 Å². The molecule has 0 saturated heterocycles. The number of benzene rings is 2. The first kappa shape index (κ1) is 16.0. The maximum absolute atomic E-state index is 11.1. The summed E-state index contributed by atoms with van der Waals surface area (Å²) in [6.07, 6.45) is 0.887. The summed E-state index contributed by atoms with van der Waals surface area (Å²) in [5, 5.41) is 0. The fourth-order valence-electron chi connectivity index (χ4n) is 2.12. The lowest BCUT2D eigenvalue weighted by atomic mass is 9.85. The van der Waals surface area contributed by atoms with Crippen molar-refractivity contribution in [3.63, 3.8) is 0 Å². The van der Waals surface area contributed by atoms with Crippen LogP contribution in [-0.2, 0) is 12.0 Å². The third-order valence-electron chi connectivity index (χ3n) is 3.24. The van der Waals surface area contributed by atoms with Gasteiger partial charge in [-0.05, 0) is 45.7 Å². The fourth-order valence-corrected chi connectivity index (χ4v) is 2.92. The van der Waals surface area contributed by atoms with Crippen molar-refractivity contribution in [3.05, 3.63) is 62.7 Å². The second kappa shape index (κ2) is 6.60. The lowest BCUT2D eigenvalue weighted by Crippen LogP contribution is -2.15. The number of halogens is 1. The molecule has 0 aromatic heterocycles. The van der Waals surface area contributed by atoms with E-state index in [-0.39, 0.29) is 5.41 Å². The zero-order valence-corrected chi connectivity index (χ0v) is 14.7. The Morgan fingerprint density at radius 1 is 1.14 bits per heavy atom. The molecule has 0 aliphatic carbocycles. The molecule has 0 N–H and O–H groups in total. The van der Waals surface area contributed by atoms with Gasteiger partial charge in [0.2, 0.25) is 0 Å². The zero-order valence-electron chi connectivity index (χ0n) is 12.5. The Hall–Kier alpha value is -1.36. The first-order valence-electron chi connectivity index (χ1n) is 6.88. The summed E-state index contributed by atoms with van der Waals surface area (Å²) in [7, 11) is 0. The van der Waals surface area contributed by atoms with Crippen LogP contribution in [-0.4, -0.2) is 6.29 Å². The van der Waals surface area contributed by atoms with Crippen molar-refractivity contribution in [3.8, 4) is 5.75 Å². The van der Waals surface area contributed by atoms with Crippen molar-refractivity contribution in [1.82, 2.24) is 0 Å². The highest BCUT2D eigenvalue weighted by Crippen LogP contribution is 2.36. The number of ether oxygens (including phenoxy) is 1. The third-order valence-corrected chi connectivity index (χ3v) is 4.04. The predicted octanol–water partition coefficient (Wildman–Crippen LogP) is 4.98. The molecule has 0 atom stereocenters. The van der Waals surface area contributed by atoms with E-state index in [1.54, 1.807) is 0 Å². The largest absolute Gasteiger partial charge is 0.487 e. The van der Waals surface area contributed by atoms with E-state index in [1.807, 2.05) is 42.5 Å². The molecule has 0 spiro atoms. The number of carbonyl (C=O) groups excluding carboxylic acids is 1. The van der Waals surface area contributed by atoms with Gasteiger partial charge in [-0.1, -0.05) is 51.1 Å². The topological polar surface area (TPSA) is 26.3 Å². The van der Waals surface area contributed by atoms with Crippen molar-refractivity contribution in [2.24, 2.45) is 0 Å². The van der Waals surface area contributed by atoms with E-state index >= 15 is 0 Å². The van der Waals surface area contributed by atoms with Gasteiger partial charge in [0.15, 0.2) is 0 Å². The van der Waals surface area contributed by atoms with Crippen molar-refractivity contribution in [2.75, 3.05) is 0 Å². The molecular formula is C18H19IO2. The van der Waals surface area contributed by atoms with Crippen LogP contribution in [0.4, 0.5) is 0 Å². The minimum Gasteiger partial charge on any atom is -0.487 e. The summed E-state index contributed by atoms with van der Waals surface area (Å²) in [5.41, 5.74) is 2.81. The molecule has 0 saturated carbocycles. The number of rotatable bonds is 4. The number of hydrogen-bond donors (Lipinski definition) is 0. The van der Waals surface area contributed by atoms with Crippen LogP contribution in [0.5, 0.6) is 5.75 Å². The van der Waals surface area contributed by atoms with Crippen molar-refractivity contribution in [1.29, 1.82) is 0 Å². The molecule has 0 unspecified atom stereocenters. The van der Waals surface area contributed by atoms with Crippen LogP contribution in [0, 0.1) is 3.57 Å². The van der Waals surface area contributed by atoms with Gasteiger partial charge in [-0.25, -0.2) is 0 Å². The molecule has 2 nitrogen and oxygen atoms in total. The van der Waals surface area contributed by atoms with Gasteiger partial charge in [-0.3, -0.25) is 4.79 Å². The molecule has 0 heterocycles. The summed E-state index contributed by atoms with van der Waals surface area (Å²) in [4.78, 5) is 11.1. The van der Waals surface area contributed by atoms with Crippen LogP contribution in [0.2, 0.25) is 0 Å². The summed E-state index contributed by atoms with van der Waals surface area (Å²) < 4.78 is 7.03. The van der Waals surface area contributed by atoms with E-state index in [2.05, 4.69) is 43.4 Å². The van der Waals surface area contributed by atoms with Gasteiger partial charge in [0, 0.05) is 11.1 Å². The first-order valence-corrected chi connectivity index (χ1v) is 7.95. The van der Waals surface area contributed by atoms with Gasteiger partial charge >= 0.3 is 0 Å². The molecule has 110 valence electrons. The standard InChI is InChI=1S/C18H19IO2/c1-18(2,3)15-9-14(11-20)10-16(19)17(15)21-12-13-7-5-4-6-8-13/h4-11H,12H2,1-3H3. The number of aldehydes is 1. The van der Waals surface area contributed by atoms with E-state index in [4.69, 9.17) is 4.74 Å². The monoisotopic (exact) mass is 394 g/mol. The minimum atomic E-state index is -0.0784. The van der Waals surface area contributed by atoms with Crippen molar-refractivity contribution < 1.29 is 9.53 Å². The van der Waals surface area contributed by atoms with Gasteiger partial charge < -0.3 is 4.74 Å². The summed E-state index contributed by atoms with van der Waals surface area (Å²) in [6, 6.07) is 13.9. The smallest absolute Gasteiger partial charge is 0.150 e. The number of carbonyl (C=O) groups is 1. The van der Waals surface area contributed by atoms with E-state index in [0.29, 0.717) is 12.2 Å². The quantitative estimate of drug-likeness (QED) is 0.540. The van der Waals surface area contributed by atoms with Crippen molar-refractivity contribution in [2.45, 2.75) is 32.8 Å². The molecule has 0 radical (unpaired) electrons. The minimum absolute atomic E-state index is 0.0784. The van der Waals surface area contributed by atoms with Gasteiger partial charge in [0.1, 0.15) is 18.6 Å². The molecule has 21 heavy (non-hydrogen) atoms. The van der Waals surface area contributed by atoms with Crippen LogP contribution in [0.15, 0.2) is 42.5 Å². The number of hydrogen-bond acceptors (Lipinski definition) is 2. The molecule has 0 bridgehead atoms. The normalized spacial score (nSPS) is 11.2. The molecule has 3 heteroatoms. The molecule has 0 aliphatic heterocycles. The predicted molar refractivity (Wildman–Crippen MR) is 94.0 cm³/mol. The van der Waals surface area contributed by atoms with E-state index in [9.17, 15) is 4.79 Å². The van der Waals surface area contributed by atoms with Gasteiger partial charge in [-0.15, -0.1) is 0 Å². The van der Waals surface area contributed by atoms with Gasteiger partial charge in [0.05, 0.1) is 3.57 Å². The lowest BCUT2D eigenvalue weighted by Gasteiger charge is -2.24. The van der Waals surface area contributed by atoms with Crippen LogP contribution in [0.1, 0.15) is 42.3 Å². The SMILES string of the molecule is CC(C)(C)c1cc(C=O)cc(I)c1OCc1ccccc1. The Kier molecular flexibility index (Phi) is 5.04. The fraction of sp³-hybridized carbons (Fsp3) is 0.278. The van der Waals surface area contributed by atoms with E-state index in [0.717, 1.165) is 26.7 Å². The molecule has 2 aromatic carbocycles. The Bertz CT molecular complexity index is 628. The molecule has 0 aliphatic rings. The Morgan fingerprint density at radius 3 is 2.38 bits per heavy atom. The highest BCUT2D eigenvalue weighted by atomic mass is 127. The molecule has 2 aromatic rings. The zero-order chi connectivity index (χ0) is 15.5. The van der Waals surface area contributed by atoms with Crippen LogP contribution in [0.3, 0.4) is 0 Å². The van der Waals surface area contributed by atoms with Crippen LogP contribution < -0.4 is 4.74 Å². The highest BCUT2D eigenvalue weighted by molar-refractivity contribution is 14.1. The molecular weight excluding hydrogens is 375 g/mol. The second-order valence-electron chi connectivity index (χ2n) is 6.02. The molecule has 2 rings (SSSR count). The van der Waals surface area contributed by atoms with Crippen LogP contribution >= 0.6 is 22.6 Å². The van der Waals surface area contributed by atoms with Crippen molar-refractivity contribution >= 4 is 28.9 Å². The summed E-state index contributed by atoms with van der Waals surface area (Å²) >= 11 is 2.23. The first-order chi connectivity index (χ1) is 9.91. The maximum Gasteiger partial charge on any atom is 0.150 e. The van der Waals surface area contributed by atoms with Crippen LogP contribution in [0.25, 0.3) is 0 Å². The maximum atomic E-state index is 11.1. The third kappa shape index (κ3) is 4.06. The Labute approximate surface area is 139 Å². The van der Waals surface area contributed by atoms with Gasteiger partial charge in [0.25, 0.3) is 0 Å². The average molecular weight is 394 g/mol.